The van der Waals surface area contributed by atoms with Gasteiger partial charge in [-0.05, 0) is 55.1 Å². The number of nitrogens with one attached hydrogen (secondary N) is 2. The fourth-order valence-corrected chi connectivity index (χ4v) is 5.29. The number of alkyl halides is 6. The van der Waals surface area contributed by atoms with E-state index in [0.717, 1.165) is 34.3 Å². The van der Waals surface area contributed by atoms with Gasteiger partial charge < -0.3 is 10.6 Å². The predicted octanol–water partition coefficient (Wildman–Crippen LogP) is 6.43. The van der Waals surface area contributed by atoms with Crippen LogP contribution < -0.4 is 10.6 Å². The van der Waals surface area contributed by atoms with Gasteiger partial charge >= 0.3 is 12.4 Å². The third-order valence-corrected chi connectivity index (χ3v) is 7.32. The van der Waals surface area contributed by atoms with Gasteiger partial charge in [-0.3, -0.25) is 0 Å². The molecule has 0 aliphatic heterocycles. The zero-order valence-electron chi connectivity index (χ0n) is 18.7. The third kappa shape index (κ3) is 5.38. The third-order valence-electron chi connectivity index (χ3n) is 5.36. The van der Waals surface area contributed by atoms with E-state index in [1.54, 1.807) is 19.2 Å². The fraction of sp³-hybridized carbons (Fsp3) is 0.174. The molecule has 0 saturated carbocycles. The number of pyridine rings is 1. The van der Waals surface area contributed by atoms with Crippen LogP contribution in [0.4, 0.5) is 37.7 Å². The number of rotatable bonds is 6. The molecule has 6 nitrogen and oxygen atoms in total. The Morgan fingerprint density at radius 3 is 2.32 bits per heavy atom. The van der Waals surface area contributed by atoms with Gasteiger partial charge in [-0.2, -0.15) is 26.3 Å². The monoisotopic (exact) mass is 562 g/mol. The topological polar surface area (TPSA) is 76.0 Å². The van der Waals surface area contributed by atoms with Crippen LogP contribution in [0.2, 0.25) is 5.15 Å². The predicted molar refractivity (Wildman–Crippen MR) is 126 cm³/mol. The number of benzene rings is 2. The van der Waals surface area contributed by atoms with Gasteiger partial charge in [0.1, 0.15) is 5.69 Å². The number of hydrogen-bond acceptors (Lipinski definition) is 5. The summed E-state index contributed by atoms with van der Waals surface area (Å²) in [4.78, 5) is 2.77. The maximum atomic E-state index is 13.4. The number of nitrogens with zero attached hydrogens (tertiary/aromatic N) is 2. The van der Waals surface area contributed by atoms with Gasteiger partial charge in [-0.1, -0.05) is 23.7 Å². The van der Waals surface area contributed by atoms with Crippen molar-refractivity contribution in [2.24, 2.45) is 0 Å². The molecule has 196 valence electrons. The van der Waals surface area contributed by atoms with Gasteiger partial charge in [0.2, 0.25) is 0 Å². The van der Waals surface area contributed by atoms with Crippen LogP contribution in [0.15, 0.2) is 65.7 Å². The lowest BCUT2D eigenvalue weighted by atomic mass is 10.1. The smallest absolute Gasteiger partial charge is 0.353 e. The van der Waals surface area contributed by atoms with E-state index >= 15 is 0 Å². The van der Waals surface area contributed by atoms with Crippen molar-refractivity contribution in [1.82, 2.24) is 14.3 Å². The molecular weight excluding hydrogens is 546 g/mol. The molecular formula is C23H17ClF6N4O2S. The van der Waals surface area contributed by atoms with Crippen LogP contribution >= 0.6 is 11.6 Å². The van der Waals surface area contributed by atoms with Gasteiger partial charge in [0, 0.05) is 23.8 Å². The van der Waals surface area contributed by atoms with Crippen LogP contribution in [-0.4, -0.2) is 24.4 Å². The molecule has 2 aromatic heterocycles. The SMILES string of the molecule is CNCc1cn(S(=O)(=O)c2cccc(C(F)(F)F)c2)c2cc(Nc3ccc(C(F)(F)F)nc3Cl)ccc12. The van der Waals surface area contributed by atoms with Crippen molar-refractivity contribution in [2.45, 2.75) is 23.8 Å². The Hall–Kier alpha value is -3.29. The molecule has 0 aliphatic rings. The highest BCUT2D eigenvalue weighted by Gasteiger charge is 2.33. The van der Waals surface area contributed by atoms with Crippen molar-refractivity contribution in [3.8, 4) is 0 Å². The van der Waals surface area contributed by atoms with Crippen LogP contribution in [0.1, 0.15) is 16.8 Å². The molecule has 37 heavy (non-hydrogen) atoms. The number of fused-ring (bicyclic) bond motifs is 1. The molecule has 0 atom stereocenters. The standard InChI is InChI=1S/C23H17ClF6N4O2S/c1-31-11-13-12-34(37(35,36)16-4-2-3-14(9-16)22(25,26)27)19-10-15(5-6-17(13)19)32-18-7-8-20(23(28,29)30)33-21(18)24/h2-10,12,31-32H,11H2,1H3. The van der Waals surface area contributed by atoms with E-state index in [1.165, 1.54) is 12.3 Å². The van der Waals surface area contributed by atoms with Crippen molar-refractivity contribution < 1.29 is 34.8 Å². The molecule has 2 aromatic carbocycles. The number of halogens is 7. The molecule has 0 amide bonds. The first-order valence-corrected chi connectivity index (χ1v) is 12.3. The van der Waals surface area contributed by atoms with Crippen LogP contribution in [0.3, 0.4) is 0 Å². The van der Waals surface area contributed by atoms with Gasteiger partial charge in [0.25, 0.3) is 10.0 Å². The average molecular weight is 563 g/mol. The Balaban J connectivity index is 1.81. The molecule has 2 N–H and O–H groups in total. The average Bonchev–Trinajstić information content (AvgIpc) is 3.18. The summed E-state index contributed by atoms with van der Waals surface area (Å²) in [7, 11) is -2.83. The van der Waals surface area contributed by atoms with Gasteiger partial charge in [-0.25, -0.2) is 17.4 Å². The molecule has 0 aliphatic carbocycles. The highest BCUT2D eigenvalue weighted by molar-refractivity contribution is 7.90. The molecule has 4 rings (SSSR count). The van der Waals surface area contributed by atoms with Crippen molar-refractivity contribution in [3.05, 3.63) is 82.8 Å². The molecule has 0 unspecified atom stereocenters. The maximum absolute atomic E-state index is 13.4. The van der Waals surface area contributed by atoms with E-state index in [2.05, 4.69) is 15.6 Å². The van der Waals surface area contributed by atoms with Crippen molar-refractivity contribution in [2.75, 3.05) is 12.4 Å². The Morgan fingerprint density at radius 2 is 1.70 bits per heavy atom. The van der Waals surface area contributed by atoms with Crippen LogP contribution in [-0.2, 0) is 28.9 Å². The summed E-state index contributed by atoms with van der Waals surface area (Å²) >= 11 is 5.91. The van der Waals surface area contributed by atoms with Crippen molar-refractivity contribution >= 4 is 43.9 Å². The molecule has 0 bridgehead atoms. The lowest BCUT2D eigenvalue weighted by molar-refractivity contribution is -0.141. The summed E-state index contributed by atoms with van der Waals surface area (Å²) in [6.45, 7) is 0.253. The van der Waals surface area contributed by atoms with Gasteiger partial charge in [-0.15, -0.1) is 0 Å². The van der Waals surface area contributed by atoms with E-state index in [4.69, 9.17) is 11.6 Å². The fourth-order valence-electron chi connectivity index (χ4n) is 3.66. The summed E-state index contributed by atoms with van der Waals surface area (Å²) in [5.41, 5.74) is -1.34. The quantitative estimate of drug-likeness (QED) is 0.209. The highest BCUT2D eigenvalue weighted by atomic mass is 35.5. The molecule has 14 heteroatoms. The number of hydrogen-bond donors (Lipinski definition) is 2. The van der Waals surface area contributed by atoms with E-state index < -0.39 is 43.7 Å². The Bertz CT molecular complexity index is 1580. The van der Waals surface area contributed by atoms with Crippen LogP contribution in [0.5, 0.6) is 0 Å². The molecule has 0 radical (unpaired) electrons. The van der Waals surface area contributed by atoms with Crippen LogP contribution in [0.25, 0.3) is 10.9 Å². The lowest BCUT2D eigenvalue weighted by Gasteiger charge is -2.13. The van der Waals surface area contributed by atoms with E-state index in [0.29, 0.717) is 17.0 Å². The Morgan fingerprint density at radius 1 is 0.973 bits per heavy atom. The van der Waals surface area contributed by atoms with E-state index in [1.807, 2.05) is 0 Å². The molecule has 0 spiro atoms. The second-order valence-electron chi connectivity index (χ2n) is 7.90. The Labute approximate surface area is 211 Å². The van der Waals surface area contributed by atoms with Gasteiger partial charge in [0.15, 0.2) is 5.15 Å². The number of anilines is 2. The van der Waals surface area contributed by atoms with Gasteiger partial charge in [0.05, 0.1) is 21.7 Å². The summed E-state index contributed by atoms with van der Waals surface area (Å²) in [6, 6.07) is 9.72. The van der Waals surface area contributed by atoms with Crippen molar-refractivity contribution in [1.29, 1.82) is 0 Å². The molecule has 0 saturated heterocycles. The lowest BCUT2D eigenvalue weighted by Crippen LogP contribution is -2.14. The number of aromatic nitrogens is 2. The molecule has 4 aromatic rings. The van der Waals surface area contributed by atoms with E-state index in [-0.39, 0.29) is 23.4 Å². The summed E-state index contributed by atoms with van der Waals surface area (Å²) in [5, 5.41) is 5.73. The van der Waals surface area contributed by atoms with E-state index in [9.17, 15) is 34.8 Å². The minimum atomic E-state index is -4.74. The first kappa shape index (κ1) is 26.8. The minimum absolute atomic E-state index is 0.0308. The minimum Gasteiger partial charge on any atom is -0.353 e. The first-order chi connectivity index (χ1) is 17.2. The molecule has 0 fully saturated rings. The normalized spacial score (nSPS) is 12.8. The largest absolute Gasteiger partial charge is 0.433 e. The second-order valence-corrected chi connectivity index (χ2v) is 10.1. The second kappa shape index (κ2) is 9.54. The zero-order chi connectivity index (χ0) is 27.2. The molecule has 2 heterocycles. The summed E-state index contributed by atoms with van der Waals surface area (Å²) in [6.07, 6.45) is -8.13. The maximum Gasteiger partial charge on any atom is 0.433 e. The van der Waals surface area contributed by atoms with Crippen molar-refractivity contribution in [3.63, 3.8) is 0 Å². The summed E-state index contributed by atoms with van der Waals surface area (Å²) in [5.74, 6) is 0. The highest BCUT2D eigenvalue weighted by Crippen LogP contribution is 2.35. The zero-order valence-corrected chi connectivity index (χ0v) is 20.3. The first-order valence-electron chi connectivity index (χ1n) is 10.4. The summed E-state index contributed by atoms with van der Waals surface area (Å²) < 4.78 is 106. The van der Waals surface area contributed by atoms with Crippen LogP contribution in [0, 0.1) is 0 Å². The Kier molecular flexibility index (Phi) is 6.90.